The Bertz CT molecular complexity index is 632. The fourth-order valence-corrected chi connectivity index (χ4v) is 3.62. The third kappa shape index (κ3) is 4.02. The number of aryl methyl sites for hydroxylation is 1. The number of carbonyl (C=O) groups excluding carboxylic acids is 1. The lowest BCUT2D eigenvalue weighted by Crippen LogP contribution is -2.48. The minimum Gasteiger partial charge on any atom is -0.395 e. The molecule has 2 aliphatic heterocycles. The van der Waals surface area contributed by atoms with Crippen molar-refractivity contribution in [3.8, 4) is 0 Å². The van der Waals surface area contributed by atoms with Crippen molar-refractivity contribution in [2.24, 2.45) is 4.99 Å². The molecule has 3 rings (SSSR count). The fourth-order valence-electron chi connectivity index (χ4n) is 2.65. The first kappa shape index (κ1) is 16.2. The van der Waals surface area contributed by atoms with E-state index < -0.39 is 0 Å². The van der Waals surface area contributed by atoms with E-state index in [1.807, 2.05) is 37.3 Å². The normalized spacial score (nSPS) is 21.1. The number of amides is 1. The van der Waals surface area contributed by atoms with Crippen molar-refractivity contribution >= 4 is 28.9 Å². The number of carbonyl (C=O) groups is 1. The number of rotatable bonds is 3. The number of piperazine rings is 1. The van der Waals surface area contributed by atoms with Crippen LogP contribution >= 0.6 is 11.8 Å². The summed E-state index contributed by atoms with van der Waals surface area (Å²) in [6.07, 6.45) is 1.91. The van der Waals surface area contributed by atoms with Crippen LogP contribution in [0.5, 0.6) is 0 Å². The van der Waals surface area contributed by atoms with E-state index >= 15 is 0 Å². The largest absolute Gasteiger partial charge is 0.395 e. The number of benzene rings is 1. The zero-order valence-electron chi connectivity index (χ0n) is 13.2. The number of hydrogen-bond acceptors (Lipinski definition) is 5. The second kappa shape index (κ2) is 7.29. The molecule has 0 bridgehead atoms. The van der Waals surface area contributed by atoms with E-state index in [1.54, 1.807) is 0 Å². The Morgan fingerprint density at radius 1 is 1.22 bits per heavy atom. The predicted octanol–water partition coefficient (Wildman–Crippen LogP) is 1.58. The summed E-state index contributed by atoms with van der Waals surface area (Å²) in [5.74, 6) is -0.150. The summed E-state index contributed by atoms with van der Waals surface area (Å²) in [6.45, 7) is 6.43. The monoisotopic (exact) mass is 331 g/mol. The van der Waals surface area contributed by atoms with Crippen LogP contribution in [-0.2, 0) is 4.79 Å². The number of aliphatic imine (C=N–C) groups is 1. The van der Waals surface area contributed by atoms with Crippen LogP contribution in [0, 0.1) is 6.92 Å². The van der Waals surface area contributed by atoms with E-state index in [0.717, 1.165) is 36.9 Å². The molecule has 0 atom stereocenters. The zero-order valence-corrected chi connectivity index (χ0v) is 14.1. The van der Waals surface area contributed by atoms with Crippen LogP contribution in [0.4, 0.5) is 0 Å². The van der Waals surface area contributed by atoms with Crippen molar-refractivity contribution < 1.29 is 9.90 Å². The maximum atomic E-state index is 12.1. The van der Waals surface area contributed by atoms with Crippen molar-refractivity contribution in [1.29, 1.82) is 0 Å². The van der Waals surface area contributed by atoms with Gasteiger partial charge in [0.2, 0.25) is 0 Å². The van der Waals surface area contributed by atoms with E-state index in [-0.39, 0.29) is 12.5 Å². The molecule has 0 radical (unpaired) electrons. The topological polar surface area (TPSA) is 56.1 Å². The molecule has 1 fully saturated rings. The first-order valence-corrected chi connectivity index (χ1v) is 8.65. The Balaban J connectivity index is 1.63. The molecule has 1 N–H and O–H groups in total. The Labute approximate surface area is 140 Å². The van der Waals surface area contributed by atoms with Crippen molar-refractivity contribution in [2.75, 3.05) is 39.3 Å². The molecule has 0 aromatic heterocycles. The van der Waals surface area contributed by atoms with Crippen molar-refractivity contribution in [3.05, 3.63) is 40.3 Å². The first-order valence-electron chi connectivity index (χ1n) is 7.83. The summed E-state index contributed by atoms with van der Waals surface area (Å²) in [5.41, 5.74) is 2.23. The fraction of sp³-hybridized carbons (Fsp3) is 0.412. The zero-order chi connectivity index (χ0) is 16.2. The molecule has 1 aromatic carbocycles. The highest BCUT2D eigenvalue weighted by atomic mass is 32.2. The molecule has 5 nitrogen and oxygen atoms in total. The minimum atomic E-state index is -0.150. The highest BCUT2D eigenvalue weighted by Crippen LogP contribution is 2.30. The van der Waals surface area contributed by atoms with Gasteiger partial charge in [-0.3, -0.25) is 9.69 Å². The van der Waals surface area contributed by atoms with Gasteiger partial charge in [-0.15, -0.1) is 0 Å². The van der Waals surface area contributed by atoms with E-state index in [0.29, 0.717) is 11.4 Å². The van der Waals surface area contributed by atoms with Gasteiger partial charge in [0.15, 0.2) is 5.17 Å². The predicted molar refractivity (Wildman–Crippen MR) is 94.3 cm³/mol. The van der Waals surface area contributed by atoms with Gasteiger partial charge in [-0.25, -0.2) is 0 Å². The molecular weight excluding hydrogens is 310 g/mol. The SMILES string of the molecule is Cc1ccc(C=C2SC(N3CCN(CCO)CC3)=NC2=O)cc1. The summed E-state index contributed by atoms with van der Waals surface area (Å²) in [4.78, 5) is 21.4. The van der Waals surface area contributed by atoms with Gasteiger partial charge in [0.05, 0.1) is 11.5 Å². The van der Waals surface area contributed by atoms with Gasteiger partial charge in [0, 0.05) is 32.7 Å². The number of aliphatic hydroxyl groups is 1. The van der Waals surface area contributed by atoms with E-state index in [1.165, 1.54) is 17.3 Å². The number of hydrogen-bond donors (Lipinski definition) is 1. The van der Waals surface area contributed by atoms with Crippen LogP contribution in [0.25, 0.3) is 6.08 Å². The average Bonchev–Trinajstić information content (AvgIpc) is 2.92. The average molecular weight is 331 g/mol. The number of aliphatic hydroxyl groups excluding tert-OH is 1. The third-order valence-corrected chi connectivity index (χ3v) is 5.09. The summed E-state index contributed by atoms with van der Waals surface area (Å²) in [5, 5.41) is 9.79. The van der Waals surface area contributed by atoms with Crippen LogP contribution in [0.2, 0.25) is 0 Å². The molecule has 23 heavy (non-hydrogen) atoms. The summed E-state index contributed by atoms with van der Waals surface area (Å²) in [6, 6.07) is 8.11. The van der Waals surface area contributed by atoms with Gasteiger partial charge in [-0.05, 0) is 30.3 Å². The number of amidine groups is 1. The van der Waals surface area contributed by atoms with Crippen molar-refractivity contribution in [1.82, 2.24) is 9.80 Å². The van der Waals surface area contributed by atoms with Gasteiger partial charge < -0.3 is 10.0 Å². The molecule has 0 saturated carbocycles. The maximum Gasteiger partial charge on any atom is 0.286 e. The van der Waals surface area contributed by atoms with E-state index in [4.69, 9.17) is 5.11 Å². The lowest BCUT2D eigenvalue weighted by molar-refractivity contribution is -0.113. The van der Waals surface area contributed by atoms with Crippen LogP contribution < -0.4 is 0 Å². The van der Waals surface area contributed by atoms with Gasteiger partial charge >= 0.3 is 0 Å². The van der Waals surface area contributed by atoms with Gasteiger partial charge in [-0.2, -0.15) is 4.99 Å². The van der Waals surface area contributed by atoms with E-state index in [9.17, 15) is 4.79 Å². The molecule has 6 heteroatoms. The summed E-state index contributed by atoms with van der Waals surface area (Å²) < 4.78 is 0. The highest BCUT2D eigenvalue weighted by Gasteiger charge is 2.28. The summed E-state index contributed by atoms with van der Waals surface area (Å²) >= 11 is 1.46. The standard InChI is InChI=1S/C17H21N3O2S/c1-13-2-4-14(5-3-13)12-15-16(22)18-17(23-15)20-8-6-19(7-9-20)10-11-21/h2-5,12,21H,6-11H2,1H3. The summed E-state index contributed by atoms with van der Waals surface area (Å²) in [7, 11) is 0. The lowest BCUT2D eigenvalue weighted by Gasteiger charge is -2.34. The molecule has 1 aromatic rings. The molecule has 0 aliphatic carbocycles. The van der Waals surface area contributed by atoms with Crippen molar-refractivity contribution in [3.63, 3.8) is 0 Å². The molecule has 1 saturated heterocycles. The second-order valence-corrected chi connectivity index (χ2v) is 6.78. The number of thioether (sulfide) groups is 1. The maximum absolute atomic E-state index is 12.1. The molecular formula is C17H21N3O2S. The smallest absolute Gasteiger partial charge is 0.286 e. The first-order chi connectivity index (χ1) is 11.2. The van der Waals surface area contributed by atoms with Crippen LogP contribution in [0.1, 0.15) is 11.1 Å². The van der Waals surface area contributed by atoms with Gasteiger partial charge in [0.25, 0.3) is 5.91 Å². The van der Waals surface area contributed by atoms with Gasteiger partial charge in [-0.1, -0.05) is 29.8 Å². The van der Waals surface area contributed by atoms with Crippen LogP contribution in [0.15, 0.2) is 34.2 Å². The number of nitrogens with zero attached hydrogens (tertiary/aromatic N) is 3. The molecule has 0 spiro atoms. The Morgan fingerprint density at radius 2 is 1.91 bits per heavy atom. The highest BCUT2D eigenvalue weighted by molar-refractivity contribution is 8.18. The second-order valence-electron chi connectivity index (χ2n) is 5.77. The lowest BCUT2D eigenvalue weighted by atomic mass is 10.1. The molecule has 2 heterocycles. The molecule has 0 unspecified atom stereocenters. The molecule has 1 amide bonds. The Morgan fingerprint density at radius 3 is 2.57 bits per heavy atom. The Hall–Kier alpha value is -1.63. The molecule has 122 valence electrons. The quantitative estimate of drug-likeness (QED) is 0.852. The molecule has 2 aliphatic rings. The van der Waals surface area contributed by atoms with E-state index in [2.05, 4.69) is 14.8 Å². The van der Waals surface area contributed by atoms with Crippen LogP contribution in [0.3, 0.4) is 0 Å². The van der Waals surface area contributed by atoms with Gasteiger partial charge in [0.1, 0.15) is 0 Å². The van der Waals surface area contributed by atoms with Crippen molar-refractivity contribution in [2.45, 2.75) is 6.92 Å². The van der Waals surface area contributed by atoms with Crippen LogP contribution in [-0.4, -0.2) is 65.3 Å². The third-order valence-electron chi connectivity index (χ3n) is 4.04. The number of β-amino-alcohol motifs (C(OH)–C–C–N with tert-alkyl or cyclic N) is 1. The minimum absolute atomic E-state index is 0.150. The Kier molecular flexibility index (Phi) is 5.15.